The molecule has 16 heavy (non-hydrogen) atoms. The molecule has 2 saturated carbocycles. The molecule has 0 N–H and O–H groups in total. The number of carbonyl (C=O) groups is 1. The third kappa shape index (κ3) is 2.43. The van der Waals surface area contributed by atoms with Gasteiger partial charge in [-0.05, 0) is 37.5 Å². The van der Waals surface area contributed by atoms with E-state index in [2.05, 4.69) is 4.98 Å². The van der Waals surface area contributed by atoms with Crippen molar-refractivity contribution in [3.8, 4) is 0 Å². The molecule has 0 unspecified atom stereocenters. The van der Waals surface area contributed by atoms with Gasteiger partial charge in [0.1, 0.15) is 5.69 Å². The minimum atomic E-state index is 0.139. The van der Waals surface area contributed by atoms with E-state index in [1.807, 2.05) is 10.3 Å². The Labute approximate surface area is 99.5 Å². The molecule has 0 bridgehead atoms. The number of aromatic nitrogens is 1. The van der Waals surface area contributed by atoms with Crippen LogP contribution in [0, 0.1) is 11.8 Å². The second-order valence-corrected chi connectivity index (χ2v) is 5.69. The highest BCUT2D eigenvalue weighted by molar-refractivity contribution is 7.07. The Morgan fingerprint density at radius 3 is 2.38 bits per heavy atom. The first-order valence-corrected chi connectivity index (χ1v) is 6.94. The van der Waals surface area contributed by atoms with E-state index in [1.165, 1.54) is 37.0 Å². The molecule has 1 amide bonds. The monoisotopic (exact) mass is 236 g/mol. The first-order chi connectivity index (χ1) is 7.83. The maximum atomic E-state index is 12.2. The van der Waals surface area contributed by atoms with Gasteiger partial charge in [-0.25, -0.2) is 4.98 Å². The van der Waals surface area contributed by atoms with Crippen LogP contribution in [-0.4, -0.2) is 28.9 Å². The van der Waals surface area contributed by atoms with E-state index in [-0.39, 0.29) is 5.91 Å². The summed E-state index contributed by atoms with van der Waals surface area (Å²) in [6, 6.07) is 0. The Bertz CT molecular complexity index is 354. The van der Waals surface area contributed by atoms with E-state index >= 15 is 0 Å². The highest BCUT2D eigenvalue weighted by Crippen LogP contribution is 2.34. The van der Waals surface area contributed by atoms with Gasteiger partial charge in [0.15, 0.2) is 0 Å². The molecule has 2 fully saturated rings. The zero-order chi connectivity index (χ0) is 11.0. The number of hydrogen-bond acceptors (Lipinski definition) is 3. The molecular formula is C12H16N2OS. The number of carbonyl (C=O) groups excluding carboxylic acids is 1. The lowest BCUT2D eigenvalue weighted by molar-refractivity contribution is 0.0734. The number of rotatable bonds is 5. The highest BCUT2D eigenvalue weighted by Gasteiger charge is 2.32. The SMILES string of the molecule is O=C(c1cscn1)N(CC1CC1)CC1CC1. The van der Waals surface area contributed by atoms with Crippen LogP contribution < -0.4 is 0 Å². The summed E-state index contributed by atoms with van der Waals surface area (Å²) in [5.74, 6) is 1.67. The van der Waals surface area contributed by atoms with Crippen molar-refractivity contribution in [2.75, 3.05) is 13.1 Å². The van der Waals surface area contributed by atoms with Crippen molar-refractivity contribution in [3.05, 3.63) is 16.6 Å². The average molecular weight is 236 g/mol. The van der Waals surface area contributed by atoms with E-state index in [0.29, 0.717) is 5.69 Å². The van der Waals surface area contributed by atoms with Crippen LogP contribution in [0.15, 0.2) is 10.9 Å². The lowest BCUT2D eigenvalue weighted by Crippen LogP contribution is -2.34. The number of hydrogen-bond donors (Lipinski definition) is 0. The molecule has 2 aliphatic carbocycles. The van der Waals surface area contributed by atoms with Gasteiger partial charge < -0.3 is 4.90 Å². The minimum Gasteiger partial charge on any atom is -0.337 e. The number of thiazole rings is 1. The van der Waals surface area contributed by atoms with Gasteiger partial charge in [0.25, 0.3) is 5.91 Å². The minimum absolute atomic E-state index is 0.139. The molecule has 1 aromatic heterocycles. The zero-order valence-corrected chi connectivity index (χ0v) is 10.1. The molecule has 86 valence electrons. The summed E-state index contributed by atoms with van der Waals surface area (Å²) in [4.78, 5) is 18.4. The van der Waals surface area contributed by atoms with Crippen LogP contribution in [0.3, 0.4) is 0 Å². The fraction of sp³-hybridized carbons (Fsp3) is 0.667. The van der Waals surface area contributed by atoms with Crippen molar-refractivity contribution in [2.45, 2.75) is 25.7 Å². The summed E-state index contributed by atoms with van der Waals surface area (Å²) in [5.41, 5.74) is 2.37. The van der Waals surface area contributed by atoms with Gasteiger partial charge in [-0.2, -0.15) is 0 Å². The molecular weight excluding hydrogens is 220 g/mol. The van der Waals surface area contributed by atoms with Gasteiger partial charge in [0.05, 0.1) is 5.51 Å². The Morgan fingerprint density at radius 2 is 1.94 bits per heavy atom. The molecule has 2 aliphatic rings. The van der Waals surface area contributed by atoms with Crippen molar-refractivity contribution in [2.24, 2.45) is 11.8 Å². The molecule has 4 heteroatoms. The summed E-state index contributed by atoms with van der Waals surface area (Å²) < 4.78 is 0. The first-order valence-electron chi connectivity index (χ1n) is 6.00. The Balaban J connectivity index is 1.67. The third-order valence-corrected chi connectivity index (χ3v) is 3.88. The summed E-state index contributed by atoms with van der Waals surface area (Å²) in [5, 5.41) is 1.86. The van der Waals surface area contributed by atoms with Gasteiger partial charge in [0.2, 0.25) is 0 Å². The predicted molar refractivity (Wildman–Crippen MR) is 63.5 cm³/mol. The topological polar surface area (TPSA) is 33.2 Å². The Morgan fingerprint density at radius 1 is 1.31 bits per heavy atom. The van der Waals surface area contributed by atoms with Crippen molar-refractivity contribution in [3.63, 3.8) is 0 Å². The standard InChI is InChI=1S/C12H16N2OS/c15-12(11-7-16-8-13-11)14(5-9-1-2-9)6-10-3-4-10/h7-10H,1-6H2. The normalized spacial score (nSPS) is 19.8. The van der Waals surface area contributed by atoms with E-state index < -0.39 is 0 Å². The van der Waals surface area contributed by atoms with Crippen LogP contribution in [0.25, 0.3) is 0 Å². The molecule has 1 aromatic rings. The number of nitrogens with zero attached hydrogens (tertiary/aromatic N) is 2. The van der Waals surface area contributed by atoms with Gasteiger partial charge >= 0.3 is 0 Å². The van der Waals surface area contributed by atoms with Crippen molar-refractivity contribution in [1.82, 2.24) is 9.88 Å². The number of amides is 1. The molecule has 0 aliphatic heterocycles. The molecule has 0 aromatic carbocycles. The Kier molecular flexibility index (Phi) is 2.67. The largest absolute Gasteiger partial charge is 0.337 e. The predicted octanol–water partition coefficient (Wildman–Crippen LogP) is 2.41. The van der Waals surface area contributed by atoms with Gasteiger partial charge in [0, 0.05) is 18.5 Å². The van der Waals surface area contributed by atoms with Crippen LogP contribution in [-0.2, 0) is 0 Å². The molecule has 3 rings (SSSR count). The average Bonchev–Trinajstić information content (AvgIpc) is 3.20. The maximum absolute atomic E-state index is 12.2. The molecule has 0 atom stereocenters. The summed E-state index contributed by atoms with van der Waals surface area (Å²) in [7, 11) is 0. The smallest absolute Gasteiger partial charge is 0.273 e. The first kappa shape index (κ1) is 10.3. The van der Waals surface area contributed by atoms with Crippen molar-refractivity contribution in [1.29, 1.82) is 0 Å². The molecule has 0 radical (unpaired) electrons. The quantitative estimate of drug-likeness (QED) is 0.786. The van der Waals surface area contributed by atoms with Gasteiger partial charge in [-0.1, -0.05) is 0 Å². The molecule has 0 spiro atoms. The lowest BCUT2D eigenvalue weighted by atomic mass is 10.3. The van der Waals surface area contributed by atoms with Crippen LogP contribution in [0.2, 0.25) is 0 Å². The van der Waals surface area contributed by atoms with Crippen molar-refractivity contribution < 1.29 is 4.79 Å². The van der Waals surface area contributed by atoms with Crippen LogP contribution >= 0.6 is 11.3 Å². The summed E-state index contributed by atoms with van der Waals surface area (Å²) >= 11 is 1.50. The fourth-order valence-corrected chi connectivity index (χ4v) is 2.47. The van der Waals surface area contributed by atoms with E-state index in [1.54, 1.807) is 5.51 Å². The second-order valence-electron chi connectivity index (χ2n) is 4.97. The summed E-state index contributed by atoms with van der Waals surface area (Å²) in [6.07, 6.45) is 5.19. The van der Waals surface area contributed by atoms with Crippen LogP contribution in [0.1, 0.15) is 36.2 Å². The van der Waals surface area contributed by atoms with Crippen LogP contribution in [0.5, 0.6) is 0 Å². The molecule has 1 heterocycles. The van der Waals surface area contributed by atoms with Crippen LogP contribution in [0.4, 0.5) is 0 Å². The van der Waals surface area contributed by atoms with E-state index in [0.717, 1.165) is 24.9 Å². The van der Waals surface area contributed by atoms with Gasteiger partial charge in [-0.3, -0.25) is 4.79 Å². The second kappa shape index (κ2) is 4.17. The summed E-state index contributed by atoms with van der Waals surface area (Å²) in [6.45, 7) is 1.90. The third-order valence-electron chi connectivity index (χ3n) is 3.29. The maximum Gasteiger partial charge on any atom is 0.273 e. The highest BCUT2D eigenvalue weighted by atomic mass is 32.1. The van der Waals surface area contributed by atoms with Crippen molar-refractivity contribution >= 4 is 17.2 Å². The molecule has 3 nitrogen and oxygen atoms in total. The van der Waals surface area contributed by atoms with Gasteiger partial charge in [-0.15, -0.1) is 11.3 Å². The molecule has 0 saturated heterocycles. The lowest BCUT2D eigenvalue weighted by Gasteiger charge is -2.21. The van der Waals surface area contributed by atoms with E-state index in [4.69, 9.17) is 0 Å². The van der Waals surface area contributed by atoms with E-state index in [9.17, 15) is 4.79 Å². The fourth-order valence-electron chi connectivity index (χ4n) is 1.94. The zero-order valence-electron chi connectivity index (χ0n) is 9.26. The Hall–Kier alpha value is -0.900.